The van der Waals surface area contributed by atoms with Crippen LogP contribution in [0, 0.1) is 0 Å². The first kappa shape index (κ1) is 21.6. The number of halogens is 1. The summed E-state index contributed by atoms with van der Waals surface area (Å²) in [5.74, 6) is 1.64. The second kappa shape index (κ2) is 11.9. The Morgan fingerprint density at radius 3 is 2.33 bits per heavy atom. The normalized spacial score (nSPS) is 14.9. The Morgan fingerprint density at radius 1 is 0.889 bits per heavy atom. The molecular formula is C23H32ClNO2. The molecule has 148 valence electrons. The molecule has 3 rings (SSSR count). The SMILES string of the molecule is COc1cc(CNC2CCCCCC2)ccc1OCCc1ccccc1.Cl. The van der Waals surface area contributed by atoms with Gasteiger partial charge in [0.15, 0.2) is 11.5 Å². The molecular weight excluding hydrogens is 358 g/mol. The van der Waals surface area contributed by atoms with Crippen LogP contribution in [0.5, 0.6) is 11.5 Å². The molecule has 0 spiro atoms. The van der Waals surface area contributed by atoms with E-state index in [1.165, 1.54) is 49.7 Å². The summed E-state index contributed by atoms with van der Waals surface area (Å²) < 4.78 is 11.5. The lowest BCUT2D eigenvalue weighted by atomic mass is 10.1. The zero-order chi connectivity index (χ0) is 18.0. The zero-order valence-electron chi connectivity index (χ0n) is 16.3. The highest BCUT2D eigenvalue weighted by molar-refractivity contribution is 5.85. The molecule has 0 aromatic heterocycles. The van der Waals surface area contributed by atoms with E-state index in [1.54, 1.807) is 7.11 Å². The van der Waals surface area contributed by atoms with E-state index >= 15 is 0 Å². The quantitative estimate of drug-likeness (QED) is 0.600. The van der Waals surface area contributed by atoms with Gasteiger partial charge in [-0.2, -0.15) is 0 Å². The third-order valence-electron chi connectivity index (χ3n) is 5.17. The van der Waals surface area contributed by atoms with Gasteiger partial charge in [-0.3, -0.25) is 0 Å². The van der Waals surface area contributed by atoms with E-state index in [0.29, 0.717) is 12.6 Å². The van der Waals surface area contributed by atoms with Crippen LogP contribution in [-0.2, 0) is 13.0 Å². The van der Waals surface area contributed by atoms with Crippen molar-refractivity contribution in [2.45, 2.75) is 57.5 Å². The van der Waals surface area contributed by atoms with Crippen molar-refractivity contribution >= 4 is 12.4 Å². The summed E-state index contributed by atoms with van der Waals surface area (Å²) in [5.41, 5.74) is 2.54. The minimum absolute atomic E-state index is 0. The van der Waals surface area contributed by atoms with Gasteiger partial charge in [0.2, 0.25) is 0 Å². The van der Waals surface area contributed by atoms with E-state index in [-0.39, 0.29) is 12.4 Å². The summed E-state index contributed by atoms with van der Waals surface area (Å²) in [6.07, 6.45) is 9.00. The van der Waals surface area contributed by atoms with Crippen molar-refractivity contribution in [2.24, 2.45) is 0 Å². The molecule has 0 heterocycles. The maximum absolute atomic E-state index is 5.95. The minimum Gasteiger partial charge on any atom is -0.493 e. The molecule has 1 aliphatic rings. The molecule has 0 aliphatic heterocycles. The maximum atomic E-state index is 5.95. The number of ether oxygens (including phenoxy) is 2. The van der Waals surface area contributed by atoms with Gasteiger partial charge in [-0.15, -0.1) is 12.4 Å². The molecule has 1 N–H and O–H groups in total. The van der Waals surface area contributed by atoms with Crippen LogP contribution in [0.25, 0.3) is 0 Å². The predicted octanol–water partition coefficient (Wildman–Crippen LogP) is 5.55. The van der Waals surface area contributed by atoms with Crippen molar-refractivity contribution < 1.29 is 9.47 Å². The summed E-state index contributed by atoms with van der Waals surface area (Å²) in [6.45, 7) is 1.55. The number of nitrogens with one attached hydrogen (secondary N) is 1. The molecule has 0 unspecified atom stereocenters. The van der Waals surface area contributed by atoms with Crippen LogP contribution in [0.15, 0.2) is 48.5 Å². The van der Waals surface area contributed by atoms with Gasteiger partial charge in [0.25, 0.3) is 0 Å². The molecule has 0 saturated heterocycles. The monoisotopic (exact) mass is 389 g/mol. The van der Waals surface area contributed by atoms with Crippen LogP contribution in [0.2, 0.25) is 0 Å². The van der Waals surface area contributed by atoms with Gasteiger partial charge < -0.3 is 14.8 Å². The highest BCUT2D eigenvalue weighted by Gasteiger charge is 2.12. The Kier molecular flexibility index (Phi) is 9.51. The average molecular weight is 390 g/mol. The number of methoxy groups -OCH3 is 1. The van der Waals surface area contributed by atoms with Crippen molar-refractivity contribution in [3.63, 3.8) is 0 Å². The molecule has 0 atom stereocenters. The fourth-order valence-corrected chi connectivity index (χ4v) is 3.61. The van der Waals surface area contributed by atoms with E-state index in [9.17, 15) is 0 Å². The molecule has 27 heavy (non-hydrogen) atoms. The van der Waals surface area contributed by atoms with E-state index in [1.807, 2.05) is 12.1 Å². The fourth-order valence-electron chi connectivity index (χ4n) is 3.61. The first-order valence-corrected chi connectivity index (χ1v) is 9.92. The highest BCUT2D eigenvalue weighted by Crippen LogP contribution is 2.28. The topological polar surface area (TPSA) is 30.5 Å². The minimum atomic E-state index is 0. The van der Waals surface area contributed by atoms with Crippen LogP contribution in [0.4, 0.5) is 0 Å². The largest absolute Gasteiger partial charge is 0.493 e. The van der Waals surface area contributed by atoms with Crippen molar-refractivity contribution in [3.05, 3.63) is 59.7 Å². The van der Waals surface area contributed by atoms with Crippen LogP contribution < -0.4 is 14.8 Å². The van der Waals surface area contributed by atoms with Crippen molar-refractivity contribution in [1.82, 2.24) is 5.32 Å². The second-order valence-corrected chi connectivity index (χ2v) is 7.14. The van der Waals surface area contributed by atoms with Gasteiger partial charge in [0.1, 0.15) is 0 Å². The molecule has 4 heteroatoms. The highest BCUT2D eigenvalue weighted by atomic mass is 35.5. The molecule has 2 aromatic carbocycles. The van der Waals surface area contributed by atoms with E-state index < -0.39 is 0 Å². The maximum Gasteiger partial charge on any atom is 0.161 e. The first-order valence-electron chi connectivity index (χ1n) is 9.92. The second-order valence-electron chi connectivity index (χ2n) is 7.14. The van der Waals surface area contributed by atoms with Crippen LogP contribution in [0.3, 0.4) is 0 Å². The van der Waals surface area contributed by atoms with Crippen LogP contribution >= 0.6 is 12.4 Å². The lowest BCUT2D eigenvalue weighted by Gasteiger charge is -2.17. The molecule has 0 bridgehead atoms. The Labute approximate surface area is 169 Å². The molecule has 1 saturated carbocycles. The smallest absolute Gasteiger partial charge is 0.161 e. The molecule has 2 aromatic rings. The summed E-state index contributed by atoms with van der Waals surface area (Å²) in [7, 11) is 1.71. The third-order valence-corrected chi connectivity index (χ3v) is 5.17. The summed E-state index contributed by atoms with van der Waals surface area (Å²) in [6, 6.07) is 17.4. The number of hydrogen-bond donors (Lipinski definition) is 1. The van der Waals surface area contributed by atoms with Gasteiger partial charge in [-0.25, -0.2) is 0 Å². The lowest BCUT2D eigenvalue weighted by molar-refractivity contribution is 0.297. The van der Waals surface area contributed by atoms with Crippen molar-refractivity contribution in [3.8, 4) is 11.5 Å². The van der Waals surface area contributed by atoms with Gasteiger partial charge >= 0.3 is 0 Å². The summed E-state index contributed by atoms with van der Waals surface area (Å²) in [5, 5.41) is 3.72. The molecule has 0 radical (unpaired) electrons. The Bertz CT molecular complexity index is 655. The Morgan fingerprint density at radius 2 is 1.63 bits per heavy atom. The molecule has 0 amide bonds. The fraction of sp³-hybridized carbons (Fsp3) is 0.478. The van der Waals surface area contributed by atoms with Crippen LogP contribution in [0.1, 0.15) is 49.7 Å². The van der Waals surface area contributed by atoms with Crippen molar-refractivity contribution in [1.29, 1.82) is 0 Å². The molecule has 1 fully saturated rings. The van der Waals surface area contributed by atoms with E-state index in [0.717, 1.165) is 24.5 Å². The average Bonchev–Trinajstić information content (AvgIpc) is 2.96. The summed E-state index contributed by atoms with van der Waals surface area (Å²) >= 11 is 0. The predicted molar refractivity (Wildman–Crippen MR) is 114 cm³/mol. The number of benzene rings is 2. The summed E-state index contributed by atoms with van der Waals surface area (Å²) in [4.78, 5) is 0. The molecule has 1 aliphatic carbocycles. The number of rotatable bonds is 8. The van der Waals surface area contributed by atoms with Gasteiger partial charge in [-0.1, -0.05) is 62.1 Å². The van der Waals surface area contributed by atoms with Crippen molar-refractivity contribution in [2.75, 3.05) is 13.7 Å². The van der Waals surface area contributed by atoms with Gasteiger partial charge in [0.05, 0.1) is 13.7 Å². The van der Waals surface area contributed by atoms with E-state index in [2.05, 4.69) is 41.7 Å². The third kappa shape index (κ3) is 7.08. The van der Waals surface area contributed by atoms with Gasteiger partial charge in [0, 0.05) is 19.0 Å². The molecule has 3 nitrogen and oxygen atoms in total. The van der Waals surface area contributed by atoms with Crippen LogP contribution in [-0.4, -0.2) is 19.8 Å². The van der Waals surface area contributed by atoms with Gasteiger partial charge in [-0.05, 0) is 36.1 Å². The Balaban J connectivity index is 0.00000261. The van der Waals surface area contributed by atoms with E-state index in [4.69, 9.17) is 9.47 Å². The Hall–Kier alpha value is -1.71. The first-order chi connectivity index (χ1) is 12.8. The zero-order valence-corrected chi connectivity index (χ0v) is 17.1. The standard InChI is InChI=1S/C23H31NO2.ClH/c1-25-23-17-20(18-24-21-11-7-2-3-8-12-21)13-14-22(23)26-16-15-19-9-5-4-6-10-19;/h4-6,9-10,13-14,17,21,24H,2-3,7-8,11-12,15-16,18H2,1H3;1H. The number of hydrogen-bond acceptors (Lipinski definition) is 3. The lowest BCUT2D eigenvalue weighted by Crippen LogP contribution is -2.27.